The van der Waals surface area contributed by atoms with Crippen LogP contribution < -0.4 is 10.2 Å². The molecule has 0 saturated carbocycles. The molecule has 1 aliphatic rings. The van der Waals surface area contributed by atoms with E-state index in [4.69, 9.17) is 5.11 Å². The number of fused-ring (bicyclic) bond motifs is 1. The van der Waals surface area contributed by atoms with Crippen molar-refractivity contribution in [3.63, 3.8) is 0 Å². The summed E-state index contributed by atoms with van der Waals surface area (Å²) in [4.78, 5) is 13.4. The first-order valence-corrected chi connectivity index (χ1v) is 6.01. The van der Waals surface area contributed by atoms with Gasteiger partial charge in [0, 0.05) is 12.2 Å². The average Bonchev–Trinajstić information content (AvgIpc) is 2.65. The van der Waals surface area contributed by atoms with Gasteiger partial charge in [0.2, 0.25) is 5.91 Å². The van der Waals surface area contributed by atoms with Gasteiger partial charge in [-0.2, -0.15) is 0 Å². The Bertz CT molecular complexity index is 448. The van der Waals surface area contributed by atoms with Crippen molar-refractivity contribution in [3.05, 3.63) is 29.3 Å². The summed E-state index contributed by atoms with van der Waals surface area (Å²) in [6.07, 6.45) is -0.526. The second-order valence-electron chi connectivity index (χ2n) is 4.51. The van der Waals surface area contributed by atoms with Gasteiger partial charge in [-0.05, 0) is 24.2 Å². The number of anilines is 1. The third kappa shape index (κ3) is 2.53. The van der Waals surface area contributed by atoms with E-state index in [1.54, 1.807) is 4.90 Å². The van der Waals surface area contributed by atoms with Crippen LogP contribution in [-0.2, 0) is 17.8 Å². The minimum absolute atomic E-state index is 0.0286. The van der Waals surface area contributed by atoms with E-state index in [0.717, 1.165) is 23.4 Å². The van der Waals surface area contributed by atoms with E-state index in [-0.39, 0.29) is 19.1 Å². The number of carbonyl (C=O) groups excluding carboxylic acids is 1. The highest BCUT2D eigenvalue weighted by Gasteiger charge is 2.28. The van der Waals surface area contributed by atoms with E-state index in [2.05, 4.69) is 5.32 Å². The number of nitrogens with one attached hydrogen (secondary N) is 1. The number of amides is 1. The highest BCUT2D eigenvalue weighted by molar-refractivity contribution is 6.01. The molecule has 0 spiro atoms. The fourth-order valence-electron chi connectivity index (χ4n) is 2.22. The molecule has 5 heteroatoms. The smallest absolute Gasteiger partial charge is 0.231 e. The Balaban J connectivity index is 2.21. The van der Waals surface area contributed by atoms with Crippen molar-refractivity contribution in [3.8, 4) is 0 Å². The van der Waals surface area contributed by atoms with Crippen LogP contribution in [-0.4, -0.2) is 42.4 Å². The number of aliphatic hydroxyl groups excluding tert-OH is 2. The summed E-state index contributed by atoms with van der Waals surface area (Å²) in [5.74, 6) is -0.0286. The SMILES string of the molecule is CNCc1ccc2c(c1)CC(=O)N2CC(O)CO. The first kappa shape index (κ1) is 13.0. The Labute approximate surface area is 106 Å². The number of β-amino-alcohol motifs (C(OH)–C–C–N with tert-alkyl or cyclic N) is 1. The zero-order valence-corrected chi connectivity index (χ0v) is 10.4. The van der Waals surface area contributed by atoms with Gasteiger partial charge in [0.25, 0.3) is 0 Å². The Morgan fingerprint density at radius 2 is 2.28 bits per heavy atom. The molecular weight excluding hydrogens is 232 g/mol. The molecular formula is C13H18N2O3. The summed E-state index contributed by atoms with van der Waals surface area (Å²) in [5, 5.41) is 21.4. The maximum absolute atomic E-state index is 11.9. The second-order valence-corrected chi connectivity index (χ2v) is 4.51. The molecule has 2 rings (SSSR count). The Kier molecular flexibility index (Phi) is 3.96. The number of carbonyl (C=O) groups is 1. The van der Waals surface area contributed by atoms with E-state index in [1.807, 2.05) is 25.2 Å². The van der Waals surface area contributed by atoms with Crippen LogP contribution in [0.5, 0.6) is 0 Å². The molecule has 0 aliphatic carbocycles. The molecule has 1 aromatic rings. The van der Waals surface area contributed by atoms with Gasteiger partial charge in [-0.1, -0.05) is 12.1 Å². The monoisotopic (exact) mass is 250 g/mol. The number of rotatable bonds is 5. The van der Waals surface area contributed by atoms with Crippen LogP contribution >= 0.6 is 0 Å². The van der Waals surface area contributed by atoms with E-state index in [0.29, 0.717) is 6.42 Å². The van der Waals surface area contributed by atoms with Gasteiger partial charge < -0.3 is 20.4 Å². The average molecular weight is 250 g/mol. The molecule has 1 unspecified atom stereocenters. The summed E-state index contributed by atoms with van der Waals surface area (Å²) in [5.41, 5.74) is 2.96. The van der Waals surface area contributed by atoms with Crippen molar-refractivity contribution >= 4 is 11.6 Å². The number of benzene rings is 1. The lowest BCUT2D eigenvalue weighted by molar-refractivity contribution is -0.117. The Morgan fingerprint density at radius 1 is 1.50 bits per heavy atom. The zero-order chi connectivity index (χ0) is 13.1. The molecule has 98 valence electrons. The molecule has 0 bridgehead atoms. The van der Waals surface area contributed by atoms with Crippen molar-refractivity contribution in [2.45, 2.75) is 19.1 Å². The molecule has 3 N–H and O–H groups in total. The number of nitrogens with zero attached hydrogens (tertiary/aromatic N) is 1. The molecule has 5 nitrogen and oxygen atoms in total. The minimum atomic E-state index is -0.892. The van der Waals surface area contributed by atoms with Crippen LogP contribution in [0.1, 0.15) is 11.1 Å². The maximum Gasteiger partial charge on any atom is 0.231 e. The molecule has 1 aliphatic heterocycles. The van der Waals surface area contributed by atoms with Crippen molar-refractivity contribution in [1.29, 1.82) is 0 Å². The largest absolute Gasteiger partial charge is 0.394 e. The van der Waals surface area contributed by atoms with E-state index < -0.39 is 6.10 Å². The lowest BCUT2D eigenvalue weighted by atomic mass is 10.1. The molecule has 1 aromatic carbocycles. The minimum Gasteiger partial charge on any atom is -0.394 e. The molecule has 0 radical (unpaired) electrons. The summed E-state index contributed by atoms with van der Waals surface area (Å²) < 4.78 is 0. The Morgan fingerprint density at radius 3 is 2.94 bits per heavy atom. The standard InChI is InChI=1S/C13H18N2O3/c1-14-6-9-2-3-12-10(4-9)5-13(18)15(12)7-11(17)8-16/h2-4,11,14,16-17H,5-8H2,1H3. The van der Waals surface area contributed by atoms with Crippen LogP contribution in [0.2, 0.25) is 0 Å². The normalized spacial score (nSPS) is 15.9. The lowest BCUT2D eigenvalue weighted by Crippen LogP contribution is -2.36. The van der Waals surface area contributed by atoms with Crippen molar-refractivity contribution in [1.82, 2.24) is 5.32 Å². The van der Waals surface area contributed by atoms with Gasteiger partial charge in [0.1, 0.15) is 0 Å². The van der Waals surface area contributed by atoms with Gasteiger partial charge >= 0.3 is 0 Å². The molecule has 1 heterocycles. The molecule has 0 saturated heterocycles. The first-order chi connectivity index (χ1) is 8.65. The summed E-state index contributed by atoms with van der Waals surface area (Å²) in [6.45, 7) is 0.575. The number of hydrogen-bond acceptors (Lipinski definition) is 4. The zero-order valence-electron chi connectivity index (χ0n) is 10.4. The van der Waals surface area contributed by atoms with E-state index >= 15 is 0 Å². The number of hydrogen-bond donors (Lipinski definition) is 3. The Hall–Kier alpha value is -1.43. The third-order valence-electron chi connectivity index (χ3n) is 3.06. The van der Waals surface area contributed by atoms with Crippen LogP contribution in [0.3, 0.4) is 0 Å². The second kappa shape index (κ2) is 5.48. The number of aliphatic hydroxyl groups is 2. The van der Waals surface area contributed by atoms with Crippen LogP contribution in [0.25, 0.3) is 0 Å². The van der Waals surface area contributed by atoms with Crippen molar-refractivity contribution in [2.75, 3.05) is 25.1 Å². The van der Waals surface area contributed by atoms with Gasteiger partial charge in [0.15, 0.2) is 0 Å². The quantitative estimate of drug-likeness (QED) is 0.668. The van der Waals surface area contributed by atoms with Gasteiger partial charge in [-0.15, -0.1) is 0 Å². The van der Waals surface area contributed by atoms with Gasteiger partial charge in [-0.25, -0.2) is 0 Å². The van der Waals surface area contributed by atoms with Crippen molar-refractivity contribution < 1.29 is 15.0 Å². The predicted molar refractivity (Wildman–Crippen MR) is 68.4 cm³/mol. The third-order valence-corrected chi connectivity index (χ3v) is 3.06. The van der Waals surface area contributed by atoms with E-state index in [9.17, 15) is 9.90 Å². The summed E-state index contributed by atoms with van der Waals surface area (Å²) in [7, 11) is 1.88. The molecule has 0 fully saturated rings. The fourth-order valence-corrected chi connectivity index (χ4v) is 2.22. The highest BCUT2D eigenvalue weighted by atomic mass is 16.3. The predicted octanol–water partition coefficient (Wildman–Crippen LogP) is -0.352. The highest BCUT2D eigenvalue weighted by Crippen LogP contribution is 2.29. The van der Waals surface area contributed by atoms with Gasteiger partial charge in [0.05, 0.1) is 25.7 Å². The molecule has 1 atom stereocenters. The van der Waals surface area contributed by atoms with Crippen LogP contribution in [0, 0.1) is 0 Å². The summed E-state index contributed by atoms with van der Waals surface area (Å²) in [6, 6.07) is 5.87. The molecule has 0 aromatic heterocycles. The maximum atomic E-state index is 11.9. The van der Waals surface area contributed by atoms with Crippen molar-refractivity contribution in [2.24, 2.45) is 0 Å². The van der Waals surface area contributed by atoms with Crippen LogP contribution in [0.4, 0.5) is 5.69 Å². The molecule has 18 heavy (non-hydrogen) atoms. The molecule has 1 amide bonds. The topological polar surface area (TPSA) is 72.8 Å². The van der Waals surface area contributed by atoms with Gasteiger partial charge in [-0.3, -0.25) is 4.79 Å². The lowest BCUT2D eigenvalue weighted by Gasteiger charge is -2.20. The summed E-state index contributed by atoms with van der Waals surface area (Å²) >= 11 is 0. The first-order valence-electron chi connectivity index (χ1n) is 6.01. The fraction of sp³-hybridized carbons (Fsp3) is 0.462. The van der Waals surface area contributed by atoms with Crippen LogP contribution in [0.15, 0.2) is 18.2 Å². The van der Waals surface area contributed by atoms with E-state index in [1.165, 1.54) is 0 Å².